The number of rotatable bonds is 2. The summed E-state index contributed by atoms with van der Waals surface area (Å²) in [6.45, 7) is 3.53. The average Bonchev–Trinajstić information content (AvgIpc) is 2.10. The van der Waals surface area contributed by atoms with E-state index in [0.29, 0.717) is 11.3 Å². The molecule has 0 atom stereocenters. The number of nitrogens with two attached hydrogens (primary N) is 1. The zero-order chi connectivity index (χ0) is 10.7. The first-order chi connectivity index (χ1) is 6.56. The molecule has 0 radical (unpaired) electrons. The molecule has 72 valence electrons. The molecule has 0 unspecified atom stereocenters. The SMILES string of the molecule is Cc1cc(C(N)=O)cc(C)c1N=[N+]=[N-]. The molecule has 5 nitrogen and oxygen atoms in total. The predicted octanol–water partition coefficient (Wildman–Crippen LogP) is 2.34. The number of primary amides is 1. The highest BCUT2D eigenvalue weighted by Crippen LogP contribution is 2.25. The van der Waals surface area contributed by atoms with E-state index >= 15 is 0 Å². The summed E-state index contributed by atoms with van der Waals surface area (Å²) in [5.41, 5.74) is 15.9. The van der Waals surface area contributed by atoms with Gasteiger partial charge in [0, 0.05) is 16.2 Å². The minimum Gasteiger partial charge on any atom is -0.366 e. The first kappa shape index (κ1) is 10.1. The van der Waals surface area contributed by atoms with Gasteiger partial charge in [0.15, 0.2) is 0 Å². The molecule has 1 aromatic carbocycles. The molecule has 0 aliphatic rings. The van der Waals surface area contributed by atoms with Crippen molar-refractivity contribution >= 4 is 11.6 Å². The quantitative estimate of drug-likeness (QED) is 0.432. The molecule has 2 N–H and O–H groups in total. The summed E-state index contributed by atoms with van der Waals surface area (Å²) in [5.74, 6) is -0.483. The van der Waals surface area contributed by atoms with Crippen molar-refractivity contribution < 1.29 is 4.79 Å². The van der Waals surface area contributed by atoms with E-state index in [1.807, 2.05) is 0 Å². The van der Waals surface area contributed by atoms with Crippen molar-refractivity contribution in [1.82, 2.24) is 0 Å². The molecule has 5 heteroatoms. The smallest absolute Gasteiger partial charge is 0.248 e. The average molecular weight is 190 g/mol. The molecular formula is C9H10N4O. The van der Waals surface area contributed by atoms with Crippen LogP contribution in [0.4, 0.5) is 5.69 Å². The van der Waals surface area contributed by atoms with Crippen LogP contribution in [0, 0.1) is 13.8 Å². The lowest BCUT2D eigenvalue weighted by Gasteiger charge is -2.05. The van der Waals surface area contributed by atoms with Crippen LogP contribution in [-0.2, 0) is 0 Å². The van der Waals surface area contributed by atoms with Gasteiger partial charge in [-0.3, -0.25) is 4.79 Å². The van der Waals surface area contributed by atoms with Crippen LogP contribution in [0.5, 0.6) is 0 Å². The van der Waals surface area contributed by atoms with Crippen LogP contribution in [-0.4, -0.2) is 5.91 Å². The molecule has 0 heterocycles. The highest BCUT2D eigenvalue weighted by molar-refractivity contribution is 5.93. The number of carbonyl (C=O) groups excluding carboxylic acids is 1. The lowest BCUT2D eigenvalue weighted by atomic mass is 10.0. The van der Waals surface area contributed by atoms with Gasteiger partial charge in [0.2, 0.25) is 5.91 Å². The van der Waals surface area contributed by atoms with Gasteiger partial charge in [0.1, 0.15) is 0 Å². The number of carbonyl (C=O) groups is 1. The third-order valence-corrected chi connectivity index (χ3v) is 1.92. The van der Waals surface area contributed by atoms with Gasteiger partial charge in [-0.15, -0.1) is 0 Å². The molecule has 0 aromatic heterocycles. The number of hydrogen-bond donors (Lipinski definition) is 1. The van der Waals surface area contributed by atoms with E-state index in [0.717, 1.165) is 11.1 Å². The fourth-order valence-corrected chi connectivity index (χ4v) is 1.30. The molecular weight excluding hydrogens is 180 g/mol. The van der Waals surface area contributed by atoms with Gasteiger partial charge in [0.25, 0.3) is 0 Å². The van der Waals surface area contributed by atoms with Crippen molar-refractivity contribution in [2.75, 3.05) is 0 Å². The van der Waals surface area contributed by atoms with Crippen molar-refractivity contribution in [3.8, 4) is 0 Å². The van der Waals surface area contributed by atoms with Gasteiger partial charge in [-0.2, -0.15) is 0 Å². The Bertz CT molecular complexity index is 409. The number of azide groups is 1. The molecule has 0 aliphatic heterocycles. The first-order valence-corrected chi connectivity index (χ1v) is 4.02. The fraction of sp³-hybridized carbons (Fsp3) is 0.222. The molecule has 0 saturated heterocycles. The van der Waals surface area contributed by atoms with Gasteiger partial charge < -0.3 is 5.73 Å². The Labute approximate surface area is 81.2 Å². The maximum Gasteiger partial charge on any atom is 0.248 e. The van der Waals surface area contributed by atoms with Crippen LogP contribution in [0.1, 0.15) is 21.5 Å². The number of nitrogens with zero attached hydrogens (tertiary/aromatic N) is 3. The predicted molar refractivity (Wildman–Crippen MR) is 53.2 cm³/mol. The highest BCUT2D eigenvalue weighted by Gasteiger charge is 2.06. The van der Waals surface area contributed by atoms with E-state index in [2.05, 4.69) is 10.0 Å². The Morgan fingerprint density at radius 1 is 1.43 bits per heavy atom. The first-order valence-electron chi connectivity index (χ1n) is 4.02. The van der Waals surface area contributed by atoms with Crippen LogP contribution in [0.3, 0.4) is 0 Å². The van der Waals surface area contributed by atoms with Crippen LogP contribution in [0.2, 0.25) is 0 Å². The van der Waals surface area contributed by atoms with E-state index in [-0.39, 0.29) is 0 Å². The van der Waals surface area contributed by atoms with Crippen molar-refractivity contribution in [1.29, 1.82) is 0 Å². The second kappa shape index (κ2) is 3.81. The molecule has 14 heavy (non-hydrogen) atoms. The molecule has 0 aliphatic carbocycles. The Kier molecular flexibility index (Phi) is 2.74. The van der Waals surface area contributed by atoms with Gasteiger partial charge in [0.05, 0.1) is 0 Å². The largest absolute Gasteiger partial charge is 0.366 e. The summed E-state index contributed by atoms with van der Waals surface area (Å²) in [5, 5.41) is 3.53. The maximum atomic E-state index is 10.9. The lowest BCUT2D eigenvalue weighted by molar-refractivity contribution is 0.1000. The van der Waals surface area contributed by atoms with E-state index in [4.69, 9.17) is 11.3 Å². The van der Waals surface area contributed by atoms with E-state index < -0.39 is 5.91 Å². The third-order valence-electron chi connectivity index (χ3n) is 1.92. The molecule has 0 bridgehead atoms. The fourth-order valence-electron chi connectivity index (χ4n) is 1.30. The number of aryl methyl sites for hydroxylation is 2. The van der Waals surface area contributed by atoms with E-state index in [1.54, 1.807) is 26.0 Å². The van der Waals surface area contributed by atoms with Crippen LogP contribution < -0.4 is 5.73 Å². The molecule has 0 spiro atoms. The Balaban J connectivity index is 3.39. The summed E-state index contributed by atoms with van der Waals surface area (Å²) >= 11 is 0. The zero-order valence-electron chi connectivity index (χ0n) is 7.98. The van der Waals surface area contributed by atoms with Gasteiger partial charge in [-0.1, -0.05) is 5.11 Å². The van der Waals surface area contributed by atoms with E-state index in [1.165, 1.54) is 0 Å². The molecule has 1 amide bonds. The van der Waals surface area contributed by atoms with Gasteiger partial charge >= 0.3 is 0 Å². The van der Waals surface area contributed by atoms with Crippen molar-refractivity contribution in [2.24, 2.45) is 10.8 Å². The summed E-state index contributed by atoms with van der Waals surface area (Å²) in [4.78, 5) is 13.6. The lowest BCUT2D eigenvalue weighted by Crippen LogP contribution is -2.11. The van der Waals surface area contributed by atoms with Crippen molar-refractivity contribution in [3.05, 3.63) is 39.3 Å². The maximum absolute atomic E-state index is 10.9. The zero-order valence-corrected chi connectivity index (χ0v) is 7.98. The molecule has 1 aromatic rings. The van der Waals surface area contributed by atoms with Crippen molar-refractivity contribution in [2.45, 2.75) is 13.8 Å². The molecule has 0 fully saturated rings. The normalized spacial score (nSPS) is 9.29. The van der Waals surface area contributed by atoms with E-state index in [9.17, 15) is 4.79 Å². The third kappa shape index (κ3) is 1.84. The number of benzene rings is 1. The Morgan fingerprint density at radius 3 is 2.29 bits per heavy atom. The number of amides is 1. The van der Waals surface area contributed by atoms with Gasteiger partial charge in [-0.05, 0) is 42.6 Å². The summed E-state index contributed by atoms with van der Waals surface area (Å²) in [6, 6.07) is 3.22. The Hall–Kier alpha value is -2.00. The molecule has 0 saturated carbocycles. The highest BCUT2D eigenvalue weighted by atomic mass is 16.1. The number of hydrogen-bond acceptors (Lipinski definition) is 2. The van der Waals surface area contributed by atoms with Crippen LogP contribution >= 0.6 is 0 Å². The standard InChI is InChI=1S/C9H10N4O/c1-5-3-7(9(10)14)4-6(2)8(5)12-13-11/h3-4H,1-2H3,(H2,10,14). The summed E-state index contributed by atoms with van der Waals surface area (Å²) in [7, 11) is 0. The second-order valence-corrected chi connectivity index (χ2v) is 3.01. The minimum absolute atomic E-state index is 0.428. The minimum atomic E-state index is -0.483. The molecule has 1 rings (SSSR count). The monoisotopic (exact) mass is 190 g/mol. The summed E-state index contributed by atoms with van der Waals surface area (Å²) in [6.07, 6.45) is 0. The van der Waals surface area contributed by atoms with Crippen molar-refractivity contribution in [3.63, 3.8) is 0 Å². The summed E-state index contributed by atoms with van der Waals surface area (Å²) < 4.78 is 0. The van der Waals surface area contributed by atoms with Gasteiger partial charge in [-0.25, -0.2) is 0 Å². The Morgan fingerprint density at radius 2 is 1.93 bits per heavy atom. The van der Waals surface area contributed by atoms with Crippen LogP contribution in [0.25, 0.3) is 10.4 Å². The second-order valence-electron chi connectivity index (χ2n) is 3.01. The van der Waals surface area contributed by atoms with Crippen LogP contribution in [0.15, 0.2) is 17.2 Å². The topological polar surface area (TPSA) is 91.9 Å².